The molecule has 0 saturated heterocycles. The van der Waals surface area contributed by atoms with E-state index in [1.54, 1.807) is 45.3 Å². The van der Waals surface area contributed by atoms with E-state index in [9.17, 15) is 0 Å². The van der Waals surface area contributed by atoms with Gasteiger partial charge in [0.2, 0.25) is 0 Å². The minimum Gasteiger partial charge on any atom is -0.305 e. The first kappa shape index (κ1) is 24.5. The third-order valence-electron chi connectivity index (χ3n) is 3.86. The summed E-state index contributed by atoms with van der Waals surface area (Å²) in [6.45, 7) is 4.42. The van der Waals surface area contributed by atoms with E-state index >= 15 is 0 Å². The van der Waals surface area contributed by atoms with Crippen LogP contribution in [-0.4, -0.2) is 73.1 Å². The van der Waals surface area contributed by atoms with Crippen LogP contribution in [0.3, 0.4) is 0 Å². The van der Waals surface area contributed by atoms with Crippen molar-refractivity contribution in [1.29, 1.82) is 0 Å². The van der Waals surface area contributed by atoms with Gasteiger partial charge in [0.25, 0.3) is 0 Å². The largest absolute Gasteiger partial charge is 0.305 e. The van der Waals surface area contributed by atoms with E-state index in [1.807, 2.05) is 47.0 Å². The molecule has 1 aliphatic heterocycles. The first-order chi connectivity index (χ1) is 13.5. The third-order valence-corrected chi connectivity index (χ3v) is 14.9. The van der Waals surface area contributed by atoms with Crippen molar-refractivity contribution in [2.75, 3.05) is 63.3 Å². The molecule has 0 amide bonds. The fourth-order valence-corrected chi connectivity index (χ4v) is 15.0. The van der Waals surface area contributed by atoms with Crippen LogP contribution in [0, 0.1) is 6.28 Å². The van der Waals surface area contributed by atoms with Crippen LogP contribution >= 0.6 is 117 Å². The molecule has 156 valence electrons. The Morgan fingerprint density at radius 1 is 0.536 bits per heavy atom. The quantitative estimate of drug-likeness (QED) is 0.304. The van der Waals surface area contributed by atoms with Crippen LogP contribution in [0.2, 0.25) is 0 Å². The smallest absolute Gasteiger partial charge is 0.145 e. The van der Waals surface area contributed by atoms with Gasteiger partial charge in [-0.05, 0) is 14.1 Å². The maximum Gasteiger partial charge on any atom is 0.145 e. The van der Waals surface area contributed by atoms with Gasteiger partial charge >= 0.3 is 0 Å². The summed E-state index contributed by atoms with van der Waals surface area (Å²) >= 11 is 26.0. The second-order valence-electron chi connectivity index (χ2n) is 6.06. The predicted octanol–water partition coefficient (Wildman–Crippen LogP) is 7.34. The standard InChI is InChI=1S/C16H22N2S10/c1-17-3-7-21-11-13(27-15(19)25-11)23-9-5-18(2)6-10-24-14-12(22-8-4-17)26-16(20)28-14/h3-10H2,1-2H3. The number of thioether (sulfide) groups is 4. The van der Waals surface area contributed by atoms with Crippen LogP contribution in [0.1, 0.15) is 0 Å². The molecule has 1 aliphatic rings. The highest BCUT2D eigenvalue weighted by atomic mass is 32.2. The monoisotopic (exact) mass is 562 g/mol. The maximum absolute atomic E-state index is 5.46. The fraction of sp³-hybridized carbons (Fsp3) is 0.625. The van der Waals surface area contributed by atoms with Gasteiger partial charge in [-0.3, -0.25) is 0 Å². The highest BCUT2D eigenvalue weighted by Gasteiger charge is 2.13. The Balaban J connectivity index is 1.65. The number of fused-ring (bicyclic) bond motifs is 2. The highest BCUT2D eigenvalue weighted by molar-refractivity contribution is 8.05. The molecule has 0 fully saturated rings. The van der Waals surface area contributed by atoms with Gasteiger partial charge in [-0.15, -0.1) is 92.4 Å². The molecule has 2 aromatic rings. The molecule has 0 N–H and O–H groups in total. The Bertz CT molecular complexity index is 719. The average molecular weight is 563 g/mol. The van der Waals surface area contributed by atoms with Gasteiger partial charge in [-0.1, -0.05) is 24.4 Å². The Morgan fingerprint density at radius 2 is 0.786 bits per heavy atom. The molecular weight excluding hydrogens is 541 g/mol. The molecule has 0 bridgehead atoms. The lowest BCUT2D eigenvalue weighted by Gasteiger charge is -2.17. The van der Waals surface area contributed by atoms with E-state index in [0.29, 0.717) is 0 Å². The van der Waals surface area contributed by atoms with Gasteiger partial charge in [0.05, 0.1) is 16.8 Å². The molecule has 2 nitrogen and oxygen atoms in total. The molecule has 0 spiro atoms. The lowest BCUT2D eigenvalue weighted by Crippen LogP contribution is -2.24. The maximum atomic E-state index is 5.46. The Labute approximate surface area is 210 Å². The third kappa shape index (κ3) is 8.09. The molecule has 3 rings (SSSR count). The molecule has 0 saturated carbocycles. The number of hydrogen-bond acceptors (Lipinski definition) is 12. The van der Waals surface area contributed by atoms with Gasteiger partial charge in [0.1, 0.15) is 6.28 Å². The van der Waals surface area contributed by atoms with Crippen molar-refractivity contribution in [2.24, 2.45) is 0 Å². The van der Waals surface area contributed by atoms with Crippen molar-refractivity contribution in [3.05, 3.63) is 6.28 Å². The molecule has 2 aromatic heterocycles. The van der Waals surface area contributed by atoms with Gasteiger partial charge in [-0.25, -0.2) is 0 Å². The lowest BCUT2D eigenvalue weighted by atomic mass is 10.6. The van der Waals surface area contributed by atoms with E-state index in [2.05, 4.69) is 23.9 Å². The summed E-state index contributed by atoms with van der Waals surface area (Å²) in [7, 11) is 4.46. The number of nitrogens with zero attached hydrogens (tertiary/aromatic N) is 2. The molecular formula is C16H22N2S10. The van der Waals surface area contributed by atoms with Crippen LogP contribution in [0.15, 0.2) is 16.8 Å². The van der Waals surface area contributed by atoms with Gasteiger partial charge < -0.3 is 9.80 Å². The fourth-order valence-electron chi connectivity index (χ4n) is 2.26. The van der Waals surface area contributed by atoms with Crippen molar-refractivity contribution in [1.82, 2.24) is 9.80 Å². The van der Waals surface area contributed by atoms with Gasteiger partial charge in [-0.2, -0.15) is 0 Å². The average Bonchev–Trinajstić information content (AvgIpc) is 3.16. The second-order valence-corrected chi connectivity index (χ2v) is 18.0. The summed E-state index contributed by atoms with van der Waals surface area (Å²) in [5.74, 6) is 4.48. The molecule has 12 heteroatoms. The first-order valence-electron chi connectivity index (χ1n) is 8.67. The summed E-state index contributed by atoms with van der Waals surface area (Å²) in [5, 5.41) is 0. The molecule has 0 radical (unpaired) electrons. The summed E-state index contributed by atoms with van der Waals surface area (Å²) in [6, 6.07) is 0. The van der Waals surface area contributed by atoms with Crippen LogP contribution in [0.25, 0.3) is 0 Å². The van der Waals surface area contributed by atoms with Gasteiger partial charge in [0.15, 0.2) is 0 Å². The normalized spacial score (nSPS) is 19.5. The molecule has 28 heavy (non-hydrogen) atoms. The van der Waals surface area contributed by atoms with Crippen LogP contribution in [0.5, 0.6) is 0 Å². The zero-order valence-corrected chi connectivity index (χ0v) is 23.8. The zero-order chi connectivity index (χ0) is 19.9. The molecule has 3 heterocycles. The summed E-state index contributed by atoms with van der Waals surface area (Å²) < 4.78 is 7.79. The summed E-state index contributed by atoms with van der Waals surface area (Å²) in [6.07, 6.45) is 0. The minimum absolute atomic E-state index is 1.05. The summed E-state index contributed by atoms with van der Waals surface area (Å²) in [5.41, 5.74) is 0. The Hall–Kier alpha value is 1.86. The van der Waals surface area contributed by atoms with E-state index in [-0.39, 0.29) is 0 Å². The summed E-state index contributed by atoms with van der Waals surface area (Å²) in [4.78, 5) is 4.88. The second kappa shape index (κ2) is 12.8. The number of hydrogen-bond donors (Lipinski definition) is 0. The van der Waals surface area contributed by atoms with Crippen molar-refractivity contribution >= 4 is 117 Å². The Morgan fingerprint density at radius 3 is 1.04 bits per heavy atom. The first-order valence-corrected chi connectivity index (χ1v) is 16.7. The van der Waals surface area contributed by atoms with Crippen molar-refractivity contribution in [3.63, 3.8) is 0 Å². The zero-order valence-electron chi connectivity index (χ0n) is 15.6. The predicted molar refractivity (Wildman–Crippen MR) is 144 cm³/mol. The van der Waals surface area contributed by atoms with E-state index < -0.39 is 0 Å². The van der Waals surface area contributed by atoms with Crippen LogP contribution in [0.4, 0.5) is 0 Å². The van der Waals surface area contributed by atoms with E-state index in [0.717, 1.165) is 55.5 Å². The SMILES string of the molecule is CN1CCSc2sc(=S)sc2SCCN(C)CCSc2sc(=S)sc2SCC1. The minimum atomic E-state index is 1.05. The van der Waals surface area contributed by atoms with E-state index in [1.165, 1.54) is 16.8 Å². The molecule has 0 aromatic carbocycles. The number of rotatable bonds is 0. The van der Waals surface area contributed by atoms with Crippen LogP contribution < -0.4 is 0 Å². The lowest BCUT2D eigenvalue weighted by molar-refractivity contribution is 0.379. The van der Waals surface area contributed by atoms with E-state index in [4.69, 9.17) is 24.4 Å². The van der Waals surface area contributed by atoms with Crippen molar-refractivity contribution in [3.8, 4) is 0 Å². The van der Waals surface area contributed by atoms with Crippen molar-refractivity contribution in [2.45, 2.75) is 16.8 Å². The van der Waals surface area contributed by atoms with Crippen molar-refractivity contribution < 1.29 is 0 Å². The Kier molecular flexibility index (Phi) is 11.2. The molecule has 0 aliphatic carbocycles. The topological polar surface area (TPSA) is 6.48 Å². The highest BCUT2D eigenvalue weighted by Crippen LogP contribution is 2.42. The molecule has 0 atom stereocenters. The molecule has 0 unspecified atom stereocenters. The van der Waals surface area contributed by atoms with Gasteiger partial charge in [0, 0.05) is 49.2 Å². The van der Waals surface area contributed by atoms with Crippen LogP contribution in [-0.2, 0) is 0 Å².